The Morgan fingerprint density at radius 3 is 1.67 bits per heavy atom. The molecule has 7 aromatic rings. The Morgan fingerprint density at radius 1 is 0.467 bits per heavy atom. The van der Waals surface area contributed by atoms with Crippen LogP contribution in [0.5, 0.6) is 0 Å². The maximum absolute atomic E-state index is 2.59. The zero-order chi connectivity index (χ0) is 29.5. The van der Waals surface area contributed by atoms with E-state index < -0.39 is 0 Å². The molecular weight excluding hydrogens is 540 g/mol. The van der Waals surface area contributed by atoms with E-state index in [4.69, 9.17) is 0 Å². The van der Waals surface area contributed by atoms with E-state index in [0.717, 1.165) is 12.8 Å². The molecule has 0 saturated carbocycles. The Morgan fingerprint density at radius 2 is 1.00 bits per heavy atom. The third-order valence-electron chi connectivity index (χ3n) is 11.1. The van der Waals surface area contributed by atoms with Crippen LogP contribution in [0, 0.1) is 5.92 Å². The van der Waals surface area contributed by atoms with E-state index in [1.165, 1.54) is 71.3 Å². The standard InChI is InChI=1S/C45H32/c1-2-12-30-25-31(22-21-29(30)11-1)43-37-16-5-7-18-39(37)44(40-19-8-6-17-38(40)43)32-23-24-36-35-15-9-10-20-41(35)45(42(36)26-32)27-33-13-3-4-14-34(33)28-45/h1-26,35,41H,27-28H2. The number of hydrogen-bond acceptors (Lipinski definition) is 0. The van der Waals surface area contributed by atoms with Crippen LogP contribution < -0.4 is 0 Å². The van der Waals surface area contributed by atoms with E-state index in [2.05, 4.69) is 158 Å². The predicted octanol–water partition coefficient (Wildman–Crippen LogP) is 11.4. The maximum atomic E-state index is 2.59. The van der Waals surface area contributed by atoms with E-state index in [-0.39, 0.29) is 5.41 Å². The Balaban J connectivity index is 1.24. The fraction of sp³-hybridized carbons (Fsp3) is 0.111. The molecule has 212 valence electrons. The van der Waals surface area contributed by atoms with Crippen LogP contribution in [0.2, 0.25) is 0 Å². The molecular formula is C45H32. The number of hydrogen-bond donors (Lipinski definition) is 0. The first-order valence-electron chi connectivity index (χ1n) is 16.3. The van der Waals surface area contributed by atoms with Crippen molar-refractivity contribution < 1.29 is 0 Å². The number of fused-ring (bicyclic) bond motifs is 9. The van der Waals surface area contributed by atoms with Gasteiger partial charge in [-0.3, -0.25) is 0 Å². The highest BCUT2D eigenvalue weighted by Gasteiger charge is 2.53. The average Bonchev–Trinajstić information content (AvgIpc) is 3.62. The molecule has 0 nitrogen and oxygen atoms in total. The fourth-order valence-corrected chi connectivity index (χ4v) is 9.21. The largest absolute Gasteiger partial charge is 0.0796 e. The molecule has 0 fully saturated rings. The second-order valence-electron chi connectivity index (χ2n) is 13.3. The zero-order valence-electron chi connectivity index (χ0n) is 25.1. The van der Waals surface area contributed by atoms with Crippen molar-refractivity contribution in [1.82, 2.24) is 0 Å². The lowest BCUT2D eigenvalue weighted by molar-refractivity contribution is 0.344. The molecule has 3 aliphatic rings. The fourth-order valence-electron chi connectivity index (χ4n) is 9.21. The van der Waals surface area contributed by atoms with Gasteiger partial charge in [-0.25, -0.2) is 0 Å². The van der Waals surface area contributed by atoms with Crippen LogP contribution in [-0.4, -0.2) is 0 Å². The molecule has 45 heavy (non-hydrogen) atoms. The smallest absolute Gasteiger partial charge is 0.0109 e. The molecule has 0 amide bonds. The van der Waals surface area contributed by atoms with Crippen LogP contribution in [0.15, 0.2) is 158 Å². The molecule has 0 heteroatoms. The maximum Gasteiger partial charge on any atom is 0.0109 e. The first kappa shape index (κ1) is 25.2. The summed E-state index contributed by atoms with van der Waals surface area (Å²) in [5.41, 5.74) is 11.5. The van der Waals surface area contributed by atoms with Crippen molar-refractivity contribution in [2.45, 2.75) is 24.2 Å². The SMILES string of the molecule is C1=CC2c3ccc(-c4c5ccccc5c(-c5ccc6ccccc6c5)c5ccccc45)cc3C3(Cc4ccccc4C3)C2C=C1. The highest BCUT2D eigenvalue weighted by molar-refractivity contribution is 6.21. The van der Waals surface area contributed by atoms with Crippen molar-refractivity contribution in [1.29, 1.82) is 0 Å². The quantitative estimate of drug-likeness (QED) is 0.181. The van der Waals surface area contributed by atoms with Crippen molar-refractivity contribution in [2.75, 3.05) is 0 Å². The van der Waals surface area contributed by atoms with Crippen LogP contribution in [0.3, 0.4) is 0 Å². The number of benzene rings is 7. The Hall–Kier alpha value is -5.20. The molecule has 2 unspecified atom stereocenters. The van der Waals surface area contributed by atoms with Gasteiger partial charge in [0.25, 0.3) is 0 Å². The van der Waals surface area contributed by atoms with E-state index in [1.807, 2.05) is 0 Å². The minimum absolute atomic E-state index is 0.0948. The summed E-state index contributed by atoms with van der Waals surface area (Å²) in [4.78, 5) is 0. The molecule has 0 aromatic heterocycles. The minimum atomic E-state index is 0.0948. The zero-order valence-corrected chi connectivity index (χ0v) is 25.1. The predicted molar refractivity (Wildman–Crippen MR) is 190 cm³/mol. The first-order chi connectivity index (χ1) is 22.3. The first-order valence-corrected chi connectivity index (χ1v) is 16.3. The molecule has 0 saturated heterocycles. The van der Waals surface area contributed by atoms with Crippen molar-refractivity contribution in [3.63, 3.8) is 0 Å². The Bertz CT molecular complexity index is 2320. The molecule has 0 radical (unpaired) electrons. The molecule has 1 spiro atoms. The lowest BCUT2D eigenvalue weighted by Crippen LogP contribution is -2.33. The summed E-state index contributed by atoms with van der Waals surface area (Å²) in [5, 5.41) is 7.81. The second-order valence-corrected chi connectivity index (χ2v) is 13.3. The monoisotopic (exact) mass is 572 g/mol. The van der Waals surface area contributed by atoms with Gasteiger partial charge >= 0.3 is 0 Å². The summed E-state index contributed by atoms with van der Waals surface area (Å²) in [5.74, 6) is 0.932. The normalized spacial score (nSPS) is 18.9. The van der Waals surface area contributed by atoms with Gasteiger partial charge < -0.3 is 0 Å². The van der Waals surface area contributed by atoms with Gasteiger partial charge in [-0.1, -0.05) is 152 Å². The van der Waals surface area contributed by atoms with Crippen LogP contribution in [0.25, 0.3) is 54.6 Å². The Labute approximate surface area is 264 Å². The topological polar surface area (TPSA) is 0 Å². The molecule has 7 aromatic carbocycles. The van der Waals surface area contributed by atoms with Crippen molar-refractivity contribution in [2.24, 2.45) is 5.92 Å². The minimum Gasteiger partial charge on any atom is -0.0796 e. The van der Waals surface area contributed by atoms with Crippen molar-refractivity contribution in [3.8, 4) is 22.3 Å². The molecule has 0 bridgehead atoms. The van der Waals surface area contributed by atoms with Gasteiger partial charge in [0.1, 0.15) is 0 Å². The van der Waals surface area contributed by atoms with E-state index in [9.17, 15) is 0 Å². The van der Waals surface area contributed by atoms with Crippen LogP contribution in [0.1, 0.15) is 28.2 Å². The van der Waals surface area contributed by atoms with E-state index in [1.54, 1.807) is 5.56 Å². The summed E-state index contributed by atoms with van der Waals surface area (Å²) in [6.07, 6.45) is 11.7. The highest BCUT2D eigenvalue weighted by atomic mass is 14.6. The van der Waals surface area contributed by atoms with Gasteiger partial charge in [0.2, 0.25) is 0 Å². The number of rotatable bonds is 2. The molecule has 0 N–H and O–H groups in total. The average molecular weight is 573 g/mol. The van der Waals surface area contributed by atoms with Gasteiger partial charge in [0.15, 0.2) is 0 Å². The summed E-state index contributed by atoms with van der Waals surface area (Å²) >= 11 is 0. The van der Waals surface area contributed by atoms with Gasteiger partial charge in [-0.2, -0.15) is 0 Å². The van der Waals surface area contributed by atoms with Gasteiger partial charge in [0, 0.05) is 11.3 Å². The summed E-state index contributed by atoms with van der Waals surface area (Å²) in [6, 6.07) is 50.3. The van der Waals surface area contributed by atoms with Crippen molar-refractivity contribution in [3.05, 3.63) is 180 Å². The third kappa shape index (κ3) is 3.54. The lowest BCUT2D eigenvalue weighted by atomic mass is 9.69. The van der Waals surface area contributed by atoms with Crippen LogP contribution in [0.4, 0.5) is 0 Å². The van der Waals surface area contributed by atoms with Crippen LogP contribution >= 0.6 is 0 Å². The number of allylic oxidation sites excluding steroid dienone is 4. The molecule has 10 rings (SSSR count). The van der Waals surface area contributed by atoms with E-state index in [0.29, 0.717) is 11.8 Å². The third-order valence-corrected chi connectivity index (χ3v) is 11.1. The van der Waals surface area contributed by atoms with Gasteiger partial charge in [-0.05, 0) is 102 Å². The van der Waals surface area contributed by atoms with E-state index >= 15 is 0 Å². The van der Waals surface area contributed by atoms with Crippen LogP contribution in [-0.2, 0) is 18.3 Å². The lowest BCUT2D eigenvalue weighted by Gasteiger charge is -2.33. The molecule has 2 atom stereocenters. The Kier molecular flexibility index (Phi) is 5.26. The summed E-state index contributed by atoms with van der Waals surface area (Å²) in [7, 11) is 0. The summed E-state index contributed by atoms with van der Waals surface area (Å²) < 4.78 is 0. The molecule has 0 aliphatic heterocycles. The molecule has 3 aliphatic carbocycles. The molecule has 0 heterocycles. The highest BCUT2D eigenvalue weighted by Crippen LogP contribution is 2.59. The van der Waals surface area contributed by atoms with Gasteiger partial charge in [-0.15, -0.1) is 0 Å². The van der Waals surface area contributed by atoms with Gasteiger partial charge in [0.05, 0.1) is 0 Å². The summed E-state index contributed by atoms with van der Waals surface area (Å²) in [6.45, 7) is 0. The second kappa shape index (κ2) is 9.40. The van der Waals surface area contributed by atoms with Crippen molar-refractivity contribution >= 4 is 32.3 Å².